The molecule has 10 heteroatoms. The van der Waals surface area contributed by atoms with Crippen molar-refractivity contribution in [1.29, 1.82) is 0 Å². The van der Waals surface area contributed by atoms with E-state index in [2.05, 4.69) is 15.2 Å². The number of aliphatic imine (C=N–C) groups is 1. The molecule has 154 valence electrons. The second kappa shape index (κ2) is 8.22. The van der Waals surface area contributed by atoms with Crippen molar-refractivity contribution in [3.8, 4) is 0 Å². The van der Waals surface area contributed by atoms with Crippen LogP contribution in [0, 0.1) is 0 Å². The van der Waals surface area contributed by atoms with Crippen molar-refractivity contribution in [2.75, 3.05) is 12.5 Å². The number of H-pyrrole nitrogens is 1. The molecule has 0 atom stereocenters. The average Bonchev–Trinajstić information content (AvgIpc) is 3.32. The molecular formula is C20H16ClN3O3S3. The first-order valence-electron chi connectivity index (χ1n) is 8.76. The molecule has 1 aromatic heterocycles. The van der Waals surface area contributed by atoms with Crippen LogP contribution >= 0.6 is 35.1 Å². The Balaban J connectivity index is 1.82. The summed E-state index contributed by atoms with van der Waals surface area (Å²) in [5.74, 6) is -0.282. The molecular weight excluding hydrogens is 462 g/mol. The van der Waals surface area contributed by atoms with Gasteiger partial charge in [-0.3, -0.25) is 9.89 Å². The predicted octanol–water partition coefficient (Wildman–Crippen LogP) is 4.57. The van der Waals surface area contributed by atoms with Crippen molar-refractivity contribution >= 4 is 71.7 Å². The van der Waals surface area contributed by atoms with Gasteiger partial charge >= 0.3 is 0 Å². The molecule has 4 rings (SSSR count). The zero-order chi connectivity index (χ0) is 21.5. The van der Waals surface area contributed by atoms with E-state index in [0.717, 1.165) is 33.9 Å². The lowest BCUT2D eigenvalue weighted by Gasteiger charge is -2.13. The van der Waals surface area contributed by atoms with Crippen molar-refractivity contribution in [1.82, 2.24) is 10.2 Å². The van der Waals surface area contributed by atoms with Gasteiger partial charge in [-0.25, -0.2) is 8.42 Å². The summed E-state index contributed by atoms with van der Waals surface area (Å²) < 4.78 is 24.3. The second-order valence-electron chi connectivity index (χ2n) is 6.67. The minimum atomic E-state index is -3.36. The van der Waals surface area contributed by atoms with Crippen LogP contribution in [0.2, 0.25) is 5.02 Å². The number of sulfone groups is 1. The van der Waals surface area contributed by atoms with E-state index in [1.807, 2.05) is 24.5 Å². The minimum Gasteiger partial charge on any atom is -0.278 e. The number of aromatic amines is 1. The van der Waals surface area contributed by atoms with E-state index in [0.29, 0.717) is 20.7 Å². The standard InChI is InChI=1S/C20H16ClN3O3S3/c1-28-20-23-19(25)18(29-20)15(11-4-6-17-13(7-11)10-22-24-17)8-12-3-5-14(9-16(12)21)30(2,26)27/h3-7,9-10H,8H2,1-2H3,(H,22,24). The average molecular weight is 478 g/mol. The monoisotopic (exact) mass is 477 g/mol. The second-order valence-corrected chi connectivity index (χ2v) is 11.1. The molecule has 2 aromatic carbocycles. The van der Waals surface area contributed by atoms with E-state index in [4.69, 9.17) is 11.6 Å². The van der Waals surface area contributed by atoms with E-state index < -0.39 is 9.84 Å². The molecule has 6 nitrogen and oxygen atoms in total. The fraction of sp³-hybridized carbons (Fsp3) is 0.150. The van der Waals surface area contributed by atoms with Crippen molar-refractivity contribution in [3.63, 3.8) is 0 Å². The van der Waals surface area contributed by atoms with E-state index in [9.17, 15) is 13.2 Å². The lowest BCUT2D eigenvalue weighted by Crippen LogP contribution is -2.02. The highest BCUT2D eigenvalue weighted by Crippen LogP contribution is 2.39. The number of fused-ring (bicyclic) bond motifs is 1. The number of hydrogen-bond acceptors (Lipinski definition) is 6. The number of rotatable bonds is 4. The maximum atomic E-state index is 12.6. The third kappa shape index (κ3) is 4.20. The third-order valence-electron chi connectivity index (χ3n) is 4.63. The van der Waals surface area contributed by atoms with Gasteiger partial charge in [-0.1, -0.05) is 35.5 Å². The summed E-state index contributed by atoms with van der Waals surface area (Å²) in [5, 5.41) is 8.23. The van der Waals surface area contributed by atoms with Gasteiger partial charge in [-0.2, -0.15) is 10.1 Å². The quantitative estimate of drug-likeness (QED) is 0.553. The van der Waals surface area contributed by atoms with E-state index in [-0.39, 0.29) is 10.8 Å². The Morgan fingerprint density at radius 3 is 2.70 bits per heavy atom. The van der Waals surface area contributed by atoms with Crippen LogP contribution in [-0.4, -0.2) is 41.4 Å². The van der Waals surface area contributed by atoms with Gasteiger partial charge in [-0.15, -0.1) is 11.8 Å². The Labute approximate surface area is 187 Å². The molecule has 1 N–H and O–H groups in total. The highest BCUT2D eigenvalue weighted by atomic mass is 35.5. The van der Waals surface area contributed by atoms with Crippen LogP contribution in [0.3, 0.4) is 0 Å². The first kappa shape index (κ1) is 21.2. The Bertz CT molecular complexity index is 1340. The number of hydrogen-bond donors (Lipinski definition) is 1. The van der Waals surface area contributed by atoms with Crippen LogP contribution < -0.4 is 0 Å². The zero-order valence-electron chi connectivity index (χ0n) is 16.0. The molecule has 1 aliphatic heterocycles. The van der Waals surface area contributed by atoms with Crippen molar-refractivity contribution < 1.29 is 13.2 Å². The van der Waals surface area contributed by atoms with E-state index in [1.165, 1.54) is 35.7 Å². The van der Waals surface area contributed by atoms with Crippen molar-refractivity contribution in [2.24, 2.45) is 4.99 Å². The Morgan fingerprint density at radius 1 is 1.23 bits per heavy atom. The summed E-state index contributed by atoms with van der Waals surface area (Å²) in [5.41, 5.74) is 3.27. The molecule has 0 bridgehead atoms. The Morgan fingerprint density at radius 2 is 2.03 bits per heavy atom. The van der Waals surface area contributed by atoms with Crippen LogP contribution in [0.5, 0.6) is 0 Å². The van der Waals surface area contributed by atoms with E-state index in [1.54, 1.807) is 12.3 Å². The maximum absolute atomic E-state index is 12.6. The minimum absolute atomic E-state index is 0.157. The molecule has 0 radical (unpaired) electrons. The summed E-state index contributed by atoms with van der Waals surface area (Å²) in [4.78, 5) is 17.4. The lowest BCUT2D eigenvalue weighted by atomic mass is 9.96. The van der Waals surface area contributed by atoms with Crippen LogP contribution in [0.1, 0.15) is 11.1 Å². The van der Waals surface area contributed by atoms with Crippen LogP contribution in [0.15, 0.2) is 57.4 Å². The molecule has 1 amide bonds. The predicted molar refractivity (Wildman–Crippen MR) is 125 cm³/mol. The smallest absolute Gasteiger partial charge is 0.278 e. The first-order valence-corrected chi connectivity index (χ1v) is 13.1. The molecule has 0 fully saturated rings. The third-order valence-corrected chi connectivity index (χ3v) is 8.18. The number of benzene rings is 2. The molecule has 0 unspecified atom stereocenters. The molecule has 0 spiro atoms. The number of carbonyl (C=O) groups is 1. The summed E-state index contributed by atoms with van der Waals surface area (Å²) in [6.45, 7) is 0. The highest BCUT2D eigenvalue weighted by molar-refractivity contribution is 8.41. The molecule has 0 saturated carbocycles. The first-order chi connectivity index (χ1) is 14.3. The fourth-order valence-corrected chi connectivity index (χ4v) is 5.57. The molecule has 1 aliphatic rings. The van der Waals surface area contributed by atoms with Gasteiger partial charge in [0.05, 0.1) is 21.5 Å². The van der Waals surface area contributed by atoms with Crippen LogP contribution in [0.4, 0.5) is 0 Å². The fourth-order valence-electron chi connectivity index (χ4n) is 3.10. The number of aromatic nitrogens is 2. The van der Waals surface area contributed by atoms with Gasteiger partial charge in [0.15, 0.2) is 9.84 Å². The van der Waals surface area contributed by atoms with Gasteiger partial charge in [0, 0.05) is 23.1 Å². The van der Waals surface area contributed by atoms with Gasteiger partial charge in [0.25, 0.3) is 5.91 Å². The summed E-state index contributed by atoms with van der Waals surface area (Å²) in [6.07, 6.45) is 5.10. The largest absolute Gasteiger partial charge is 0.285 e. The van der Waals surface area contributed by atoms with E-state index >= 15 is 0 Å². The van der Waals surface area contributed by atoms with Crippen LogP contribution in [0.25, 0.3) is 16.5 Å². The number of nitrogens with one attached hydrogen (secondary N) is 1. The summed E-state index contributed by atoms with van der Waals surface area (Å²) in [7, 11) is -3.36. The topological polar surface area (TPSA) is 92.2 Å². The maximum Gasteiger partial charge on any atom is 0.285 e. The van der Waals surface area contributed by atoms with Gasteiger partial charge in [0.1, 0.15) is 4.38 Å². The van der Waals surface area contributed by atoms with Gasteiger partial charge < -0.3 is 0 Å². The number of amides is 1. The summed E-state index contributed by atoms with van der Waals surface area (Å²) >= 11 is 9.18. The molecule has 3 aromatic rings. The Kier molecular flexibility index (Phi) is 5.80. The Hall–Kier alpha value is -2.07. The molecule has 2 heterocycles. The number of carbonyl (C=O) groups excluding carboxylic acids is 1. The van der Waals surface area contributed by atoms with Gasteiger partial charge in [-0.05, 0) is 47.2 Å². The molecule has 30 heavy (non-hydrogen) atoms. The highest BCUT2D eigenvalue weighted by Gasteiger charge is 2.26. The van der Waals surface area contributed by atoms with Gasteiger partial charge in [0.2, 0.25) is 0 Å². The number of nitrogens with zero attached hydrogens (tertiary/aromatic N) is 2. The number of thioether (sulfide) groups is 2. The zero-order valence-corrected chi connectivity index (χ0v) is 19.2. The normalized spacial score (nSPS) is 16.2. The van der Waals surface area contributed by atoms with Crippen molar-refractivity contribution in [3.05, 3.63) is 63.6 Å². The summed E-state index contributed by atoms with van der Waals surface area (Å²) in [6, 6.07) is 10.5. The van der Waals surface area contributed by atoms with Crippen molar-refractivity contribution in [2.45, 2.75) is 11.3 Å². The van der Waals surface area contributed by atoms with Crippen LogP contribution in [-0.2, 0) is 21.1 Å². The molecule has 0 aliphatic carbocycles. The molecule has 0 saturated heterocycles. The number of halogens is 1. The lowest BCUT2D eigenvalue weighted by molar-refractivity contribution is -0.113. The number of allylic oxidation sites excluding steroid dienone is 1. The SMILES string of the molecule is CSC1=NC(=O)C(=C(Cc2ccc(S(C)(=O)=O)cc2Cl)c2ccc3[nH]ncc3c2)S1.